The number of amides is 2. The first-order valence-corrected chi connectivity index (χ1v) is 10.7. The lowest BCUT2D eigenvalue weighted by molar-refractivity contribution is -0.140. The zero-order valence-electron chi connectivity index (χ0n) is 18.2. The number of rotatable bonds is 3. The first-order valence-electron chi connectivity index (χ1n) is 10.7. The van der Waals surface area contributed by atoms with Gasteiger partial charge in [-0.25, -0.2) is 13.2 Å². The van der Waals surface area contributed by atoms with Crippen molar-refractivity contribution in [3.8, 4) is 0 Å². The molecule has 2 aliphatic heterocycles. The van der Waals surface area contributed by atoms with Crippen LogP contribution in [0.5, 0.6) is 0 Å². The molecule has 5 nitrogen and oxygen atoms in total. The third-order valence-electron chi connectivity index (χ3n) is 6.75. The van der Waals surface area contributed by atoms with Gasteiger partial charge in [0.05, 0.1) is 11.6 Å². The molecule has 4 rings (SSSR count). The van der Waals surface area contributed by atoms with E-state index in [-0.39, 0.29) is 23.4 Å². The quantitative estimate of drug-likeness (QED) is 0.703. The van der Waals surface area contributed by atoms with E-state index < -0.39 is 29.0 Å². The average molecular weight is 445 g/mol. The number of halogens is 3. The summed E-state index contributed by atoms with van der Waals surface area (Å²) in [6, 6.07) is 7.21. The summed E-state index contributed by atoms with van der Waals surface area (Å²) in [4.78, 5) is 27.8. The van der Waals surface area contributed by atoms with Crippen molar-refractivity contribution in [2.45, 2.75) is 44.7 Å². The van der Waals surface area contributed by atoms with Crippen LogP contribution in [0.2, 0.25) is 0 Å². The molecule has 0 aromatic heterocycles. The predicted octanol–water partition coefficient (Wildman–Crippen LogP) is 3.98. The number of aryl methyl sites for hydroxylation is 1. The number of nitrogens with one attached hydrogen (secondary N) is 2. The number of anilines is 1. The van der Waals surface area contributed by atoms with Gasteiger partial charge < -0.3 is 15.5 Å². The fourth-order valence-electron chi connectivity index (χ4n) is 4.89. The maximum absolute atomic E-state index is 14.0. The number of hydrogen-bond acceptors (Lipinski definition) is 3. The molecule has 170 valence electrons. The van der Waals surface area contributed by atoms with Crippen molar-refractivity contribution < 1.29 is 22.8 Å². The highest BCUT2D eigenvalue weighted by Crippen LogP contribution is 2.38. The summed E-state index contributed by atoms with van der Waals surface area (Å²) in [5.41, 5.74) is 1.39. The van der Waals surface area contributed by atoms with Crippen LogP contribution in [0.25, 0.3) is 0 Å². The highest BCUT2D eigenvalue weighted by Gasteiger charge is 2.43. The van der Waals surface area contributed by atoms with Crippen LogP contribution in [0.3, 0.4) is 0 Å². The molecule has 0 saturated carbocycles. The van der Waals surface area contributed by atoms with E-state index in [0.717, 1.165) is 36.2 Å². The Morgan fingerprint density at radius 3 is 2.62 bits per heavy atom. The number of piperidine rings is 2. The molecule has 2 amide bonds. The molecule has 0 aliphatic carbocycles. The summed E-state index contributed by atoms with van der Waals surface area (Å²) in [6.45, 7) is 4.82. The Hall–Kier alpha value is -2.87. The molecule has 2 aliphatic rings. The van der Waals surface area contributed by atoms with Crippen LogP contribution in [-0.4, -0.2) is 42.4 Å². The second-order valence-electron chi connectivity index (χ2n) is 8.86. The van der Waals surface area contributed by atoms with Crippen molar-refractivity contribution in [2.24, 2.45) is 5.92 Å². The molecule has 2 aromatic rings. The fraction of sp³-hybridized carbons (Fsp3) is 0.417. The van der Waals surface area contributed by atoms with E-state index in [2.05, 4.69) is 17.6 Å². The van der Waals surface area contributed by atoms with Gasteiger partial charge in [0.25, 0.3) is 5.91 Å². The first-order chi connectivity index (χ1) is 15.2. The van der Waals surface area contributed by atoms with Crippen LogP contribution in [0, 0.1) is 30.3 Å². The number of benzene rings is 2. The van der Waals surface area contributed by atoms with E-state index in [1.54, 1.807) is 18.2 Å². The first kappa shape index (κ1) is 22.3. The minimum Gasteiger partial charge on any atom is -0.342 e. The van der Waals surface area contributed by atoms with Gasteiger partial charge >= 0.3 is 0 Å². The number of hydrogen-bond donors (Lipinski definition) is 2. The van der Waals surface area contributed by atoms with Crippen LogP contribution in [0.1, 0.15) is 47.2 Å². The number of likely N-dealkylation sites (N-methyl/N-ethyl adjacent to an activating group) is 1. The van der Waals surface area contributed by atoms with Gasteiger partial charge in [0.2, 0.25) is 5.91 Å². The van der Waals surface area contributed by atoms with E-state index >= 15 is 0 Å². The third kappa shape index (κ3) is 3.99. The summed E-state index contributed by atoms with van der Waals surface area (Å²) in [5.74, 6) is -5.15. The van der Waals surface area contributed by atoms with Crippen molar-refractivity contribution in [3.05, 3.63) is 64.5 Å². The van der Waals surface area contributed by atoms with Crippen molar-refractivity contribution in [3.63, 3.8) is 0 Å². The van der Waals surface area contributed by atoms with E-state index in [0.29, 0.717) is 18.4 Å². The number of carbonyl (C=O) groups is 2. The minimum atomic E-state index is -1.65. The van der Waals surface area contributed by atoms with Crippen LogP contribution < -0.4 is 10.6 Å². The van der Waals surface area contributed by atoms with E-state index in [1.807, 2.05) is 18.9 Å². The van der Waals surface area contributed by atoms with Crippen molar-refractivity contribution in [1.82, 2.24) is 10.2 Å². The largest absolute Gasteiger partial charge is 0.342 e. The summed E-state index contributed by atoms with van der Waals surface area (Å²) < 4.78 is 40.6. The topological polar surface area (TPSA) is 61.4 Å². The van der Waals surface area contributed by atoms with Gasteiger partial charge in [-0.1, -0.05) is 6.07 Å². The van der Waals surface area contributed by atoms with Gasteiger partial charge in [-0.15, -0.1) is 0 Å². The summed E-state index contributed by atoms with van der Waals surface area (Å²) in [5, 5.41) is 5.77. The number of fused-ring (bicyclic) bond motifs is 1. The maximum Gasteiger partial charge on any atom is 0.255 e. The van der Waals surface area contributed by atoms with Crippen LogP contribution in [0.4, 0.5) is 18.9 Å². The van der Waals surface area contributed by atoms with E-state index in [9.17, 15) is 22.8 Å². The van der Waals surface area contributed by atoms with Crippen LogP contribution in [-0.2, 0) is 4.79 Å². The van der Waals surface area contributed by atoms with Gasteiger partial charge in [-0.05, 0) is 68.0 Å². The Morgan fingerprint density at radius 2 is 1.88 bits per heavy atom. The normalized spacial score (nSPS) is 25.4. The molecule has 2 N–H and O–H groups in total. The Balaban J connectivity index is 1.60. The molecule has 0 bridgehead atoms. The molecule has 2 saturated heterocycles. The molecule has 8 heteroatoms. The molecule has 32 heavy (non-hydrogen) atoms. The Bertz CT molecular complexity index is 1070. The molecule has 4 unspecified atom stereocenters. The number of nitrogens with zero attached hydrogens (tertiary/aromatic N) is 1. The Labute approximate surface area is 185 Å². The zero-order chi connectivity index (χ0) is 23.2. The summed E-state index contributed by atoms with van der Waals surface area (Å²) in [7, 11) is 1.84. The minimum absolute atomic E-state index is 0.0210. The van der Waals surface area contributed by atoms with Crippen molar-refractivity contribution in [2.75, 3.05) is 18.9 Å². The van der Waals surface area contributed by atoms with Crippen LogP contribution >= 0.6 is 0 Å². The highest BCUT2D eigenvalue weighted by atomic mass is 19.2. The second-order valence-corrected chi connectivity index (χ2v) is 8.86. The molecular formula is C24H26F3N3O2. The fourth-order valence-corrected chi connectivity index (χ4v) is 4.89. The molecule has 0 radical (unpaired) electrons. The van der Waals surface area contributed by atoms with Gasteiger partial charge in [0.15, 0.2) is 17.5 Å². The SMILES string of the molecule is Cc1ccc(C(=O)Nc2ccc(F)c(F)c2F)cc1C1CC2CNC(C)CC2N(C)C1=O. The highest BCUT2D eigenvalue weighted by molar-refractivity contribution is 6.04. The number of carbonyl (C=O) groups excluding carboxylic acids is 2. The van der Waals surface area contributed by atoms with Crippen molar-refractivity contribution >= 4 is 17.5 Å². The standard InChI is InChI=1S/C24H26F3N3O2/c1-12-4-5-14(23(31)29-19-7-6-18(25)21(26)22(19)27)9-16(12)17-10-15-11-28-13(2)8-20(15)30(3)24(17)32/h4-7,9,13,15,17,20,28H,8,10-11H2,1-3H3,(H,29,31). The predicted molar refractivity (Wildman–Crippen MR) is 115 cm³/mol. The average Bonchev–Trinajstić information content (AvgIpc) is 2.77. The zero-order valence-corrected chi connectivity index (χ0v) is 18.2. The molecular weight excluding hydrogens is 419 g/mol. The lowest BCUT2D eigenvalue weighted by Gasteiger charge is -2.47. The summed E-state index contributed by atoms with van der Waals surface area (Å²) in [6.07, 6.45) is 1.58. The van der Waals surface area contributed by atoms with Gasteiger partial charge in [-0.2, -0.15) is 0 Å². The monoisotopic (exact) mass is 445 g/mol. The molecule has 2 heterocycles. The lowest BCUT2D eigenvalue weighted by Crippen LogP contribution is -2.57. The van der Waals surface area contributed by atoms with Crippen molar-refractivity contribution in [1.29, 1.82) is 0 Å². The van der Waals surface area contributed by atoms with Crippen LogP contribution in [0.15, 0.2) is 30.3 Å². The van der Waals surface area contributed by atoms with Gasteiger partial charge in [-0.3, -0.25) is 9.59 Å². The maximum atomic E-state index is 14.0. The van der Waals surface area contributed by atoms with Gasteiger partial charge in [0.1, 0.15) is 0 Å². The summed E-state index contributed by atoms with van der Waals surface area (Å²) >= 11 is 0. The van der Waals surface area contributed by atoms with E-state index in [1.165, 1.54) is 0 Å². The van der Waals surface area contributed by atoms with Gasteiger partial charge in [0, 0.05) is 31.2 Å². The number of likely N-dealkylation sites (tertiary alicyclic amines) is 1. The molecule has 2 aromatic carbocycles. The third-order valence-corrected chi connectivity index (χ3v) is 6.75. The molecule has 2 fully saturated rings. The Kier molecular flexibility index (Phi) is 5.99. The van der Waals surface area contributed by atoms with E-state index in [4.69, 9.17) is 0 Å². The molecule has 4 atom stereocenters. The smallest absolute Gasteiger partial charge is 0.255 e. The Morgan fingerprint density at radius 1 is 1.12 bits per heavy atom. The second kappa shape index (κ2) is 8.58. The molecule has 0 spiro atoms. The lowest BCUT2D eigenvalue weighted by atomic mass is 9.75.